The molecule has 98 valence electrons. The van der Waals surface area contributed by atoms with Crippen LogP contribution in [0.4, 0.5) is 13.2 Å². The van der Waals surface area contributed by atoms with Crippen LogP contribution in [0.15, 0.2) is 12.4 Å². The molecule has 0 aromatic carbocycles. The minimum absolute atomic E-state index is 0.161. The van der Waals surface area contributed by atoms with Crippen molar-refractivity contribution in [3.05, 3.63) is 18.0 Å². The van der Waals surface area contributed by atoms with E-state index < -0.39 is 11.7 Å². The average Bonchev–Trinajstić information content (AvgIpc) is 2.68. The van der Waals surface area contributed by atoms with Crippen LogP contribution in [0.3, 0.4) is 0 Å². The van der Waals surface area contributed by atoms with Crippen LogP contribution in [0.1, 0.15) is 44.7 Å². The Bertz CT molecular complexity index is 346. The van der Waals surface area contributed by atoms with Crippen molar-refractivity contribution in [3.8, 4) is 0 Å². The molecule has 17 heavy (non-hydrogen) atoms. The van der Waals surface area contributed by atoms with Gasteiger partial charge in [0.15, 0.2) is 0 Å². The molecule has 0 saturated carbocycles. The van der Waals surface area contributed by atoms with Crippen LogP contribution in [-0.2, 0) is 6.18 Å². The van der Waals surface area contributed by atoms with E-state index in [-0.39, 0.29) is 12.1 Å². The SMILES string of the molecule is CCCC(N)C(CC)n1cc(C(F)(F)F)cn1. The second kappa shape index (κ2) is 5.53. The fourth-order valence-corrected chi connectivity index (χ4v) is 1.88. The molecule has 2 N–H and O–H groups in total. The summed E-state index contributed by atoms with van der Waals surface area (Å²) in [5.41, 5.74) is 5.22. The van der Waals surface area contributed by atoms with E-state index in [1.165, 1.54) is 4.68 Å². The van der Waals surface area contributed by atoms with Gasteiger partial charge in [0.05, 0.1) is 17.8 Å². The van der Waals surface area contributed by atoms with Crippen molar-refractivity contribution in [2.24, 2.45) is 5.73 Å². The largest absolute Gasteiger partial charge is 0.419 e. The van der Waals surface area contributed by atoms with Gasteiger partial charge in [0, 0.05) is 12.2 Å². The summed E-state index contributed by atoms with van der Waals surface area (Å²) < 4.78 is 38.6. The Balaban J connectivity index is 2.86. The zero-order chi connectivity index (χ0) is 13.1. The minimum Gasteiger partial charge on any atom is -0.326 e. The fraction of sp³-hybridized carbons (Fsp3) is 0.727. The lowest BCUT2D eigenvalue weighted by molar-refractivity contribution is -0.137. The summed E-state index contributed by atoms with van der Waals surface area (Å²) in [6.07, 6.45) is -0.110. The topological polar surface area (TPSA) is 43.8 Å². The van der Waals surface area contributed by atoms with Gasteiger partial charge in [0.2, 0.25) is 0 Å². The standard InChI is InChI=1S/C11H18F3N3/c1-3-5-9(15)10(4-2)17-7-8(6-16-17)11(12,13)14/h6-7,9-10H,3-5,15H2,1-2H3. The summed E-state index contributed by atoms with van der Waals surface area (Å²) in [5.74, 6) is 0. The summed E-state index contributed by atoms with van der Waals surface area (Å²) in [4.78, 5) is 0. The van der Waals surface area contributed by atoms with Gasteiger partial charge in [0.1, 0.15) is 0 Å². The first-order valence-electron chi connectivity index (χ1n) is 5.77. The highest BCUT2D eigenvalue weighted by Crippen LogP contribution is 2.30. The van der Waals surface area contributed by atoms with E-state index >= 15 is 0 Å². The van der Waals surface area contributed by atoms with Gasteiger partial charge in [-0.2, -0.15) is 18.3 Å². The molecule has 0 fully saturated rings. The summed E-state index contributed by atoms with van der Waals surface area (Å²) in [6, 6.07) is -0.336. The molecule has 0 amide bonds. The van der Waals surface area contributed by atoms with Crippen LogP contribution < -0.4 is 5.73 Å². The molecule has 1 rings (SSSR count). The van der Waals surface area contributed by atoms with Crippen molar-refractivity contribution in [1.82, 2.24) is 9.78 Å². The molecule has 0 aliphatic carbocycles. The highest BCUT2D eigenvalue weighted by molar-refractivity contribution is 5.09. The van der Waals surface area contributed by atoms with Gasteiger partial charge < -0.3 is 5.73 Å². The summed E-state index contributed by atoms with van der Waals surface area (Å²) in [6.45, 7) is 3.89. The molecular formula is C11H18F3N3. The van der Waals surface area contributed by atoms with Gasteiger partial charge in [-0.05, 0) is 12.8 Å². The fourth-order valence-electron chi connectivity index (χ4n) is 1.88. The van der Waals surface area contributed by atoms with Crippen molar-refractivity contribution >= 4 is 0 Å². The molecule has 0 aliphatic rings. The zero-order valence-corrected chi connectivity index (χ0v) is 10.0. The van der Waals surface area contributed by atoms with E-state index in [2.05, 4.69) is 5.10 Å². The normalized spacial score (nSPS) is 15.9. The number of halogens is 3. The third-order valence-electron chi connectivity index (χ3n) is 2.80. The van der Waals surface area contributed by atoms with Crippen LogP contribution in [-0.4, -0.2) is 15.8 Å². The highest BCUT2D eigenvalue weighted by Gasteiger charge is 2.33. The van der Waals surface area contributed by atoms with E-state index in [9.17, 15) is 13.2 Å². The molecule has 0 radical (unpaired) electrons. The number of hydrogen-bond donors (Lipinski definition) is 1. The first-order valence-corrected chi connectivity index (χ1v) is 5.77. The van der Waals surface area contributed by atoms with E-state index in [4.69, 9.17) is 5.73 Å². The molecule has 6 heteroatoms. The van der Waals surface area contributed by atoms with Crippen molar-refractivity contribution in [3.63, 3.8) is 0 Å². The van der Waals surface area contributed by atoms with Crippen LogP contribution >= 0.6 is 0 Å². The number of nitrogens with zero attached hydrogens (tertiary/aromatic N) is 2. The smallest absolute Gasteiger partial charge is 0.326 e. The molecule has 2 unspecified atom stereocenters. The molecule has 1 heterocycles. The van der Waals surface area contributed by atoms with Crippen LogP contribution in [0.2, 0.25) is 0 Å². The quantitative estimate of drug-likeness (QED) is 0.871. The molecule has 0 spiro atoms. The van der Waals surface area contributed by atoms with Crippen LogP contribution in [0.5, 0.6) is 0 Å². The van der Waals surface area contributed by atoms with Gasteiger partial charge in [-0.1, -0.05) is 20.3 Å². The first kappa shape index (κ1) is 14.0. The second-order valence-electron chi connectivity index (χ2n) is 4.13. The Morgan fingerprint density at radius 2 is 2.06 bits per heavy atom. The van der Waals surface area contributed by atoms with E-state index in [0.717, 1.165) is 25.2 Å². The van der Waals surface area contributed by atoms with Crippen molar-refractivity contribution < 1.29 is 13.2 Å². The number of hydrogen-bond acceptors (Lipinski definition) is 2. The highest BCUT2D eigenvalue weighted by atomic mass is 19.4. The lowest BCUT2D eigenvalue weighted by Crippen LogP contribution is -2.32. The maximum absolute atomic E-state index is 12.4. The Kier molecular flexibility index (Phi) is 4.56. The molecule has 0 saturated heterocycles. The predicted octanol–water partition coefficient (Wildman–Crippen LogP) is 2.98. The molecular weight excluding hydrogens is 231 g/mol. The zero-order valence-electron chi connectivity index (χ0n) is 10.0. The molecule has 1 aromatic rings. The number of nitrogens with two attached hydrogens (primary N) is 1. The molecule has 2 atom stereocenters. The summed E-state index contributed by atoms with van der Waals surface area (Å²) >= 11 is 0. The third kappa shape index (κ3) is 3.46. The van der Waals surface area contributed by atoms with E-state index in [1.54, 1.807) is 0 Å². The van der Waals surface area contributed by atoms with E-state index in [0.29, 0.717) is 6.42 Å². The summed E-state index contributed by atoms with van der Waals surface area (Å²) in [7, 11) is 0. The maximum Gasteiger partial charge on any atom is 0.419 e. The van der Waals surface area contributed by atoms with Gasteiger partial charge in [0.25, 0.3) is 0 Å². The Morgan fingerprint density at radius 3 is 2.47 bits per heavy atom. The Morgan fingerprint density at radius 1 is 1.41 bits per heavy atom. The number of alkyl halides is 3. The van der Waals surface area contributed by atoms with Gasteiger partial charge in [-0.15, -0.1) is 0 Å². The molecule has 0 bridgehead atoms. The lowest BCUT2D eigenvalue weighted by Gasteiger charge is -2.22. The van der Waals surface area contributed by atoms with Gasteiger partial charge in [-0.25, -0.2) is 0 Å². The summed E-state index contributed by atoms with van der Waals surface area (Å²) in [5, 5.41) is 3.77. The molecule has 1 aromatic heterocycles. The predicted molar refractivity (Wildman–Crippen MR) is 59.4 cm³/mol. The maximum atomic E-state index is 12.4. The molecule has 0 aliphatic heterocycles. The monoisotopic (exact) mass is 249 g/mol. The third-order valence-corrected chi connectivity index (χ3v) is 2.80. The van der Waals surface area contributed by atoms with Gasteiger partial charge >= 0.3 is 6.18 Å². The molecule has 3 nitrogen and oxygen atoms in total. The average molecular weight is 249 g/mol. The Labute approximate surface area is 98.8 Å². The van der Waals surface area contributed by atoms with E-state index in [1.807, 2.05) is 13.8 Å². The Hall–Kier alpha value is -1.04. The van der Waals surface area contributed by atoms with Crippen molar-refractivity contribution in [2.45, 2.75) is 51.4 Å². The number of aromatic nitrogens is 2. The minimum atomic E-state index is -4.34. The van der Waals surface area contributed by atoms with Crippen LogP contribution in [0, 0.1) is 0 Å². The number of rotatable bonds is 5. The van der Waals surface area contributed by atoms with Crippen molar-refractivity contribution in [1.29, 1.82) is 0 Å². The van der Waals surface area contributed by atoms with Crippen LogP contribution in [0.25, 0.3) is 0 Å². The van der Waals surface area contributed by atoms with Gasteiger partial charge in [-0.3, -0.25) is 4.68 Å². The van der Waals surface area contributed by atoms with Crippen molar-refractivity contribution in [2.75, 3.05) is 0 Å². The first-order chi connectivity index (χ1) is 7.90. The second-order valence-corrected chi connectivity index (χ2v) is 4.13. The lowest BCUT2D eigenvalue weighted by atomic mass is 10.0.